The highest BCUT2D eigenvalue weighted by Crippen LogP contribution is 2.23. The van der Waals surface area contributed by atoms with Gasteiger partial charge in [0.25, 0.3) is 0 Å². The van der Waals surface area contributed by atoms with Crippen LogP contribution in [0.1, 0.15) is 28.9 Å². The summed E-state index contributed by atoms with van der Waals surface area (Å²) in [5.74, 6) is -1.33. The number of piperazine rings is 1. The molecule has 6 heteroatoms. The number of aromatic nitrogens is 1. The summed E-state index contributed by atoms with van der Waals surface area (Å²) in [7, 11) is 0. The van der Waals surface area contributed by atoms with Gasteiger partial charge in [0.05, 0.1) is 0 Å². The number of hydrogen-bond donors (Lipinski definition) is 0. The van der Waals surface area contributed by atoms with Crippen LogP contribution in [0.15, 0.2) is 30.5 Å². The van der Waals surface area contributed by atoms with Crippen molar-refractivity contribution in [2.24, 2.45) is 0 Å². The highest BCUT2D eigenvalue weighted by Gasteiger charge is 2.22. The number of rotatable bonds is 4. The number of benzene rings is 1. The molecule has 4 rings (SSSR count). The van der Waals surface area contributed by atoms with Gasteiger partial charge >= 0.3 is 0 Å². The van der Waals surface area contributed by atoms with E-state index in [0.29, 0.717) is 6.42 Å². The number of hydrogen-bond acceptors (Lipinski definition) is 3. The zero-order chi connectivity index (χ0) is 18.1. The van der Waals surface area contributed by atoms with E-state index in [0.717, 1.165) is 63.4 Å². The van der Waals surface area contributed by atoms with Crippen LogP contribution in [0.25, 0.3) is 0 Å². The van der Waals surface area contributed by atoms with Gasteiger partial charge in [0, 0.05) is 74.9 Å². The average molecular weight is 359 g/mol. The first-order chi connectivity index (χ1) is 12.6. The molecule has 1 aliphatic carbocycles. The predicted octanol–water partition coefficient (Wildman–Crippen LogP) is 3.11. The van der Waals surface area contributed by atoms with Gasteiger partial charge < -0.3 is 9.47 Å². The van der Waals surface area contributed by atoms with Crippen LogP contribution in [0.4, 0.5) is 14.5 Å². The number of carbonyl (C=O) groups excluding carboxylic acids is 1. The van der Waals surface area contributed by atoms with Crippen molar-refractivity contribution in [1.29, 1.82) is 0 Å². The number of fused-ring (bicyclic) bond motifs is 1. The Bertz CT molecular complexity index is 809. The summed E-state index contributed by atoms with van der Waals surface area (Å²) in [5.41, 5.74) is 2.82. The molecule has 0 saturated carbocycles. The Morgan fingerprint density at radius 1 is 0.923 bits per heavy atom. The van der Waals surface area contributed by atoms with Gasteiger partial charge in [-0.1, -0.05) is 0 Å². The quantitative estimate of drug-likeness (QED) is 0.840. The normalized spacial score (nSPS) is 18.2. The maximum absolute atomic E-state index is 13.4. The lowest BCUT2D eigenvalue weighted by molar-refractivity contribution is 0.0971. The monoisotopic (exact) mass is 359 g/mol. The average Bonchev–Trinajstić information content (AvgIpc) is 3.07. The van der Waals surface area contributed by atoms with Gasteiger partial charge in [0.1, 0.15) is 0 Å². The molecule has 0 amide bonds. The van der Waals surface area contributed by atoms with Crippen LogP contribution in [0.2, 0.25) is 0 Å². The van der Waals surface area contributed by atoms with Crippen LogP contribution in [-0.2, 0) is 13.0 Å². The highest BCUT2D eigenvalue weighted by molar-refractivity contribution is 5.98. The van der Waals surface area contributed by atoms with Crippen LogP contribution in [0, 0.1) is 11.6 Å². The summed E-state index contributed by atoms with van der Waals surface area (Å²) in [6.07, 6.45) is 4.63. The van der Waals surface area contributed by atoms with Crippen molar-refractivity contribution in [2.75, 3.05) is 37.6 Å². The van der Waals surface area contributed by atoms with Crippen molar-refractivity contribution in [3.8, 4) is 0 Å². The molecule has 1 saturated heterocycles. The molecule has 0 spiro atoms. The van der Waals surface area contributed by atoms with E-state index in [1.165, 1.54) is 17.8 Å². The van der Waals surface area contributed by atoms with E-state index in [1.54, 1.807) is 6.07 Å². The minimum absolute atomic E-state index is 0.269. The number of Topliss-reactive ketones (excluding diaryl/α,β-unsaturated/α-hetero) is 1. The Morgan fingerprint density at radius 3 is 2.50 bits per heavy atom. The molecule has 2 heterocycles. The molecule has 138 valence electrons. The predicted molar refractivity (Wildman–Crippen MR) is 96.7 cm³/mol. The van der Waals surface area contributed by atoms with Crippen LogP contribution in [0.5, 0.6) is 0 Å². The van der Waals surface area contributed by atoms with Gasteiger partial charge in [-0.15, -0.1) is 0 Å². The van der Waals surface area contributed by atoms with Gasteiger partial charge in [0.15, 0.2) is 17.4 Å². The molecule has 1 aromatic heterocycles. The molecule has 1 aliphatic heterocycles. The van der Waals surface area contributed by atoms with Crippen molar-refractivity contribution >= 4 is 11.5 Å². The molecule has 0 unspecified atom stereocenters. The van der Waals surface area contributed by atoms with E-state index in [1.807, 2.05) is 12.3 Å². The molecule has 4 nitrogen and oxygen atoms in total. The number of nitrogens with zero attached hydrogens (tertiary/aromatic N) is 3. The zero-order valence-corrected chi connectivity index (χ0v) is 14.8. The minimum atomic E-state index is -0.805. The molecular weight excluding hydrogens is 336 g/mol. The molecule has 0 radical (unpaired) electrons. The van der Waals surface area contributed by atoms with Crippen LogP contribution < -0.4 is 4.90 Å². The van der Waals surface area contributed by atoms with Crippen molar-refractivity contribution < 1.29 is 13.6 Å². The standard InChI is InChI=1S/C20H23F2N3O/c21-17-5-4-15(14-18(17)22)24-11-8-23(9-12-24)10-13-25-7-6-16-19(25)2-1-3-20(16)26/h4-7,14H,1-3,8-13H2. The van der Waals surface area contributed by atoms with Gasteiger partial charge in [-0.3, -0.25) is 9.69 Å². The van der Waals surface area contributed by atoms with Crippen LogP contribution in [-0.4, -0.2) is 48.0 Å². The molecule has 0 bridgehead atoms. The SMILES string of the molecule is O=C1CCCc2c1ccn2CCN1CCN(c2ccc(F)c(F)c2)CC1. The summed E-state index contributed by atoms with van der Waals surface area (Å²) in [6, 6.07) is 6.05. The van der Waals surface area contributed by atoms with E-state index in [2.05, 4.69) is 14.4 Å². The zero-order valence-electron chi connectivity index (χ0n) is 14.8. The fraction of sp³-hybridized carbons (Fsp3) is 0.450. The van der Waals surface area contributed by atoms with E-state index in [-0.39, 0.29) is 5.78 Å². The molecule has 26 heavy (non-hydrogen) atoms. The Hall–Kier alpha value is -2.21. The number of carbonyl (C=O) groups is 1. The molecule has 0 N–H and O–H groups in total. The Morgan fingerprint density at radius 2 is 1.73 bits per heavy atom. The van der Waals surface area contributed by atoms with Gasteiger partial charge in [0.2, 0.25) is 0 Å². The number of ketones is 1. The summed E-state index contributed by atoms with van der Waals surface area (Å²) < 4.78 is 28.7. The molecule has 2 aromatic rings. The van der Waals surface area contributed by atoms with Gasteiger partial charge in [-0.2, -0.15) is 0 Å². The van der Waals surface area contributed by atoms with E-state index in [9.17, 15) is 13.6 Å². The Kier molecular flexibility index (Phi) is 4.76. The van der Waals surface area contributed by atoms with Crippen LogP contribution >= 0.6 is 0 Å². The largest absolute Gasteiger partial charge is 0.369 e. The lowest BCUT2D eigenvalue weighted by atomic mass is 9.97. The lowest BCUT2D eigenvalue weighted by Gasteiger charge is -2.36. The Balaban J connectivity index is 1.32. The van der Waals surface area contributed by atoms with E-state index >= 15 is 0 Å². The summed E-state index contributed by atoms with van der Waals surface area (Å²) in [5, 5.41) is 0. The third-order valence-electron chi connectivity index (χ3n) is 5.49. The second-order valence-corrected chi connectivity index (χ2v) is 7.07. The first-order valence-corrected chi connectivity index (χ1v) is 9.25. The second-order valence-electron chi connectivity index (χ2n) is 7.07. The van der Waals surface area contributed by atoms with E-state index in [4.69, 9.17) is 0 Å². The first-order valence-electron chi connectivity index (χ1n) is 9.25. The summed E-state index contributed by atoms with van der Waals surface area (Å²) in [6.45, 7) is 5.19. The minimum Gasteiger partial charge on any atom is -0.369 e. The van der Waals surface area contributed by atoms with Crippen molar-refractivity contribution in [2.45, 2.75) is 25.8 Å². The number of halogens is 2. The summed E-state index contributed by atoms with van der Waals surface area (Å²) in [4.78, 5) is 16.4. The Labute approximate surface area is 152 Å². The smallest absolute Gasteiger partial charge is 0.164 e. The third-order valence-corrected chi connectivity index (χ3v) is 5.49. The van der Waals surface area contributed by atoms with Crippen LogP contribution in [0.3, 0.4) is 0 Å². The molecule has 0 atom stereocenters. The maximum Gasteiger partial charge on any atom is 0.164 e. The second kappa shape index (κ2) is 7.19. The number of anilines is 1. The topological polar surface area (TPSA) is 28.5 Å². The van der Waals surface area contributed by atoms with Gasteiger partial charge in [-0.25, -0.2) is 8.78 Å². The highest BCUT2D eigenvalue weighted by atomic mass is 19.2. The van der Waals surface area contributed by atoms with Crippen molar-refractivity contribution in [3.05, 3.63) is 53.4 Å². The first kappa shape index (κ1) is 17.2. The maximum atomic E-state index is 13.4. The molecule has 1 aromatic carbocycles. The van der Waals surface area contributed by atoms with E-state index < -0.39 is 11.6 Å². The molecule has 2 aliphatic rings. The van der Waals surface area contributed by atoms with Crippen molar-refractivity contribution in [3.63, 3.8) is 0 Å². The fourth-order valence-corrected chi connectivity index (χ4v) is 3.96. The summed E-state index contributed by atoms with van der Waals surface area (Å²) >= 11 is 0. The van der Waals surface area contributed by atoms with Crippen molar-refractivity contribution in [1.82, 2.24) is 9.47 Å². The lowest BCUT2D eigenvalue weighted by Crippen LogP contribution is -2.47. The van der Waals surface area contributed by atoms with Gasteiger partial charge in [-0.05, 0) is 31.0 Å². The fourth-order valence-electron chi connectivity index (χ4n) is 3.96. The molecule has 1 fully saturated rings. The molecular formula is C20H23F2N3O. The third kappa shape index (κ3) is 3.38.